The lowest BCUT2D eigenvalue weighted by atomic mass is 9.95. The molecule has 0 amide bonds. The molecule has 1 aliphatic rings. The first-order valence-corrected chi connectivity index (χ1v) is 6.65. The second kappa shape index (κ2) is 5.57. The SMILES string of the molecule is CNC1CCCC(Sc2ccccc2)C1. The van der Waals surface area contributed by atoms with Gasteiger partial charge in [-0.2, -0.15) is 0 Å². The second-order valence-electron chi connectivity index (χ2n) is 4.21. The lowest BCUT2D eigenvalue weighted by Gasteiger charge is -2.28. The zero-order valence-electron chi connectivity index (χ0n) is 9.28. The van der Waals surface area contributed by atoms with Gasteiger partial charge in [0.1, 0.15) is 0 Å². The third-order valence-corrected chi connectivity index (χ3v) is 4.39. The predicted molar refractivity (Wildman–Crippen MR) is 67.4 cm³/mol. The van der Waals surface area contributed by atoms with Crippen LogP contribution in [0.4, 0.5) is 0 Å². The smallest absolute Gasteiger partial charge is 0.0109 e. The number of benzene rings is 1. The van der Waals surface area contributed by atoms with Crippen molar-refractivity contribution in [2.75, 3.05) is 7.05 Å². The number of rotatable bonds is 3. The third kappa shape index (κ3) is 3.25. The first-order valence-electron chi connectivity index (χ1n) is 5.77. The molecule has 1 aliphatic carbocycles. The largest absolute Gasteiger partial charge is 0.317 e. The van der Waals surface area contributed by atoms with Crippen molar-refractivity contribution < 1.29 is 0 Å². The fourth-order valence-electron chi connectivity index (χ4n) is 2.21. The Morgan fingerprint density at radius 3 is 2.73 bits per heavy atom. The van der Waals surface area contributed by atoms with E-state index in [9.17, 15) is 0 Å². The van der Waals surface area contributed by atoms with E-state index < -0.39 is 0 Å². The van der Waals surface area contributed by atoms with Crippen LogP contribution in [0.2, 0.25) is 0 Å². The first kappa shape index (κ1) is 11.0. The third-order valence-electron chi connectivity index (χ3n) is 3.08. The molecular weight excluding hydrogens is 202 g/mol. The molecule has 0 radical (unpaired) electrons. The summed E-state index contributed by atoms with van der Waals surface area (Å²) in [5, 5.41) is 4.21. The van der Waals surface area contributed by atoms with Crippen molar-refractivity contribution in [1.29, 1.82) is 0 Å². The van der Waals surface area contributed by atoms with Gasteiger partial charge in [0.15, 0.2) is 0 Å². The highest BCUT2D eigenvalue weighted by Gasteiger charge is 2.21. The topological polar surface area (TPSA) is 12.0 Å². The van der Waals surface area contributed by atoms with Crippen molar-refractivity contribution in [3.05, 3.63) is 30.3 Å². The molecule has 0 aliphatic heterocycles. The molecule has 1 aromatic carbocycles. The minimum absolute atomic E-state index is 0.736. The van der Waals surface area contributed by atoms with Crippen molar-refractivity contribution >= 4 is 11.8 Å². The fraction of sp³-hybridized carbons (Fsp3) is 0.538. The van der Waals surface area contributed by atoms with Crippen LogP contribution >= 0.6 is 11.8 Å². The standard InChI is InChI=1S/C13H19NS/c1-14-11-6-5-9-13(10-11)15-12-7-3-2-4-8-12/h2-4,7-8,11,13-14H,5-6,9-10H2,1H3. The van der Waals surface area contributed by atoms with E-state index in [4.69, 9.17) is 0 Å². The van der Waals surface area contributed by atoms with E-state index in [1.807, 2.05) is 11.8 Å². The summed E-state index contributed by atoms with van der Waals surface area (Å²) >= 11 is 2.04. The van der Waals surface area contributed by atoms with E-state index in [1.54, 1.807) is 0 Å². The van der Waals surface area contributed by atoms with Gasteiger partial charge < -0.3 is 5.32 Å². The number of nitrogens with one attached hydrogen (secondary N) is 1. The first-order chi connectivity index (χ1) is 7.38. The Balaban J connectivity index is 1.89. The Hall–Kier alpha value is -0.470. The van der Waals surface area contributed by atoms with E-state index in [0.29, 0.717) is 0 Å². The van der Waals surface area contributed by atoms with E-state index in [-0.39, 0.29) is 0 Å². The molecule has 1 saturated carbocycles. The maximum Gasteiger partial charge on any atom is 0.0109 e. The summed E-state index contributed by atoms with van der Waals surface area (Å²) in [6.45, 7) is 0. The summed E-state index contributed by atoms with van der Waals surface area (Å²) in [4.78, 5) is 1.42. The molecule has 0 heterocycles. The molecule has 2 unspecified atom stereocenters. The molecular formula is C13H19NS. The molecule has 1 fully saturated rings. The van der Waals surface area contributed by atoms with Gasteiger partial charge in [-0.3, -0.25) is 0 Å². The lowest BCUT2D eigenvalue weighted by molar-refractivity contribution is 0.402. The van der Waals surface area contributed by atoms with Crippen LogP contribution in [0.15, 0.2) is 35.2 Å². The quantitative estimate of drug-likeness (QED) is 0.840. The maximum atomic E-state index is 3.41. The zero-order chi connectivity index (χ0) is 10.5. The van der Waals surface area contributed by atoms with Crippen LogP contribution in [0, 0.1) is 0 Å². The normalized spacial score (nSPS) is 26.5. The Labute approximate surface area is 96.7 Å². The highest BCUT2D eigenvalue weighted by Crippen LogP contribution is 2.33. The van der Waals surface area contributed by atoms with Crippen molar-refractivity contribution in [3.63, 3.8) is 0 Å². The van der Waals surface area contributed by atoms with Gasteiger partial charge in [-0.1, -0.05) is 24.6 Å². The molecule has 2 rings (SSSR count). The van der Waals surface area contributed by atoms with Crippen molar-refractivity contribution in [2.24, 2.45) is 0 Å². The van der Waals surface area contributed by atoms with E-state index in [1.165, 1.54) is 30.6 Å². The van der Waals surface area contributed by atoms with Crippen LogP contribution in [0.1, 0.15) is 25.7 Å². The monoisotopic (exact) mass is 221 g/mol. The molecule has 0 aromatic heterocycles. The molecule has 2 atom stereocenters. The zero-order valence-corrected chi connectivity index (χ0v) is 10.1. The van der Waals surface area contributed by atoms with Crippen LogP contribution in [-0.2, 0) is 0 Å². The minimum Gasteiger partial charge on any atom is -0.317 e. The summed E-state index contributed by atoms with van der Waals surface area (Å²) in [6.07, 6.45) is 5.41. The molecule has 0 bridgehead atoms. The lowest BCUT2D eigenvalue weighted by Crippen LogP contribution is -2.32. The summed E-state index contributed by atoms with van der Waals surface area (Å²) in [5.74, 6) is 0. The molecule has 0 saturated heterocycles. The van der Waals surface area contributed by atoms with Crippen molar-refractivity contribution in [2.45, 2.75) is 41.9 Å². The van der Waals surface area contributed by atoms with Crippen LogP contribution in [0.25, 0.3) is 0 Å². The summed E-state index contributed by atoms with van der Waals surface area (Å²) < 4.78 is 0. The molecule has 2 heteroatoms. The molecule has 82 valence electrons. The van der Waals surface area contributed by atoms with Crippen molar-refractivity contribution in [3.8, 4) is 0 Å². The Morgan fingerprint density at radius 2 is 2.00 bits per heavy atom. The van der Waals surface area contributed by atoms with Gasteiger partial charge in [-0.15, -0.1) is 11.8 Å². The molecule has 1 nitrogen and oxygen atoms in total. The minimum atomic E-state index is 0.736. The summed E-state index contributed by atoms with van der Waals surface area (Å²) in [6, 6.07) is 11.5. The second-order valence-corrected chi connectivity index (χ2v) is 5.58. The Morgan fingerprint density at radius 1 is 1.20 bits per heavy atom. The summed E-state index contributed by atoms with van der Waals surface area (Å²) in [7, 11) is 2.08. The van der Waals surface area contributed by atoms with Gasteiger partial charge in [-0.25, -0.2) is 0 Å². The molecule has 15 heavy (non-hydrogen) atoms. The fourth-order valence-corrected chi connectivity index (χ4v) is 3.52. The molecule has 0 spiro atoms. The van der Waals surface area contributed by atoms with Crippen LogP contribution < -0.4 is 5.32 Å². The van der Waals surface area contributed by atoms with Gasteiger partial charge in [0, 0.05) is 16.2 Å². The van der Waals surface area contributed by atoms with Crippen LogP contribution in [-0.4, -0.2) is 18.3 Å². The van der Waals surface area contributed by atoms with Gasteiger partial charge >= 0.3 is 0 Å². The van der Waals surface area contributed by atoms with E-state index in [2.05, 4.69) is 42.7 Å². The summed E-state index contributed by atoms with van der Waals surface area (Å²) in [5.41, 5.74) is 0. The molecule has 1 aromatic rings. The number of thioether (sulfide) groups is 1. The highest BCUT2D eigenvalue weighted by molar-refractivity contribution is 8.00. The van der Waals surface area contributed by atoms with Gasteiger partial charge in [0.05, 0.1) is 0 Å². The average Bonchev–Trinajstić information content (AvgIpc) is 2.31. The van der Waals surface area contributed by atoms with Gasteiger partial charge in [0.25, 0.3) is 0 Å². The van der Waals surface area contributed by atoms with Gasteiger partial charge in [0.2, 0.25) is 0 Å². The van der Waals surface area contributed by atoms with E-state index >= 15 is 0 Å². The Bertz CT molecular complexity index is 286. The van der Waals surface area contributed by atoms with E-state index in [0.717, 1.165) is 11.3 Å². The highest BCUT2D eigenvalue weighted by atomic mass is 32.2. The maximum absolute atomic E-state index is 3.41. The Kier molecular flexibility index (Phi) is 4.09. The number of hydrogen-bond acceptors (Lipinski definition) is 2. The predicted octanol–water partition coefficient (Wildman–Crippen LogP) is 3.31. The number of hydrogen-bond donors (Lipinski definition) is 1. The van der Waals surface area contributed by atoms with Crippen molar-refractivity contribution in [1.82, 2.24) is 5.32 Å². The van der Waals surface area contributed by atoms with Crippen LogP contribution in [0.5, 0.6) is 0 Å². The van der Waals surface area contributed by atoms with Crippen LogP contribution in [0.3, 0.4) is 0 Å². The van der Waals surface area contributed by atoms with Gasteiger partial charge in [-0.05, 0) is 38.4 Å². The average molecular weight is 221 g/mol. The molecule has 1 N–H and O–H groups in total.